The Labute approximate surface area is 186 Å². The Hall–Kier alpha value is -2.85. The van der Waals surface area contributed by atoms with Gasteiger partial charge in [0.1, 0.15) is 17.3 Å². The molecule has 0 bridgehead atoms. The number of methoxy groups -OCH3 is 1. The molecule has 1 N–H and O–H groups in total. The Morgan fingerprint density at radius 2 is 1.90 bits per heavy atom. The van der Waals surface area contributed by atoms with Crippen LogP contribution in [0.15, 0.2) is 58.6 Å². The molecule has 1 aromatic heterocycles. The van der Waals surface area contributed by atoms with E-state index in [0.717, 1.165) is 5.56 Å². The molecule has 0 atom stereocenters. The number of hydrogen-bond acceptors (Lipinski definition) is 7. The second-order valence-electron chi connectivity index (χ2n) is 6.78. The molecule has 0 radical (unpaired) electrons. The Kier molecular flexibility index (Phi) is 7.34. The number of aromatic nitrogens is 3. The number of sulfone groups is 1. The quantitative estimate of drug-likeness (QED) is 0.489. The predicted molar refractivity (Wildman–Crippen MR) is 120 cm³/mol. The van der Waals surface area contributed by atoms with Gasteiger partial charge in [-0.1, -0.05) is 35.5 Å². The van der Waals surface area contributed by atoms with Crippen LogP contribution in [-0.2, 0) is 26.9 Å². The van der Waals surface area contributed by atoms with Crippen molar-refractivity contribution in [2.24, 2.45) is 0 Å². The molecule has 3 rings (SSSR count). The number of carbonyl (C=O) groups excluding carboxylic acids is 1. The summed E-state index contributed by atoms with van der Waals surface area (Å²) in [6.45, 7) is 4.27. The fraction of sp³-hybridized carbons (Fsp3) is 0.286. The maximum absolute atomic E-state index is 12.7. The Morgan fingerprint density at radius 1 is 1.16 bits per heavy atom. The standard InChI is InChI=1S/C21H24N4O4S2/c1-4-25-19(14-31(27,28)18-10-8-15(2)9-11-18)23-24-21(25)30-13-20(26)22-16-6-5-7-17(12-16)29-3/h5-12H,4,13-14H2,1-3H3,(H,22,26). The van der Waals surface area contributed by atoms with Gasteiger partial charge in [0, 0.05) is 18.3 Å². The van der Waals surface area contributed by atoms with Crippen molar-refractivity contribution < 1.29 is 17.9 Å². The molecule has 10 heteroatoms. The summed E-state index contributed by atoms with van der Waals surface area (Å²) in [5.74, 6) is 0.639. The lowest BCUT2D eigenvalue weighted by Gasteiger charge is -2.09. The monoisotopic (exact) mass is 460 g/mol. The van der Waals surface area contributed by atoms with Gasteiger partial charge in [-0.15, -0.1) is 10.2 Å². The molecule has 8 nitrogen and oxygen atoms in total. The highest BCUT2D eigenvalue weighted by Crippen LogP contribution is 2.22. The lowest BCUT2D eigenvalue weighted by atomic mass is 10.2. The summed E-state index contributed by atoms with van der Waals surface area (Å²) in [7, 11) is -1.99. The maximum Gasteiger partial charge on any atom is 0.234 e. The van der Waals surface area contributed by atoms with E-state index in [0.29, 0.717) is 29.0 Å². The number of hydrogen-bond donors (Lipinski definition) is 1. The number of aryl methyl sites for hydroxylation is 1. The zero-order chi connectivity index (χ0) is 22.4. The smallest absolute Gasteiger partial charge is 0.234 e. The van der Waals surface area contributed by atoms with E-state index in [2.05, 4.69) is 15.5 Å². The van der Waals surface area contributed by atoms with Crippen LogP contribution in [0.4, 0.5) is 5.69 Å². The normalized spacial score (nSPS) is 11.3. The largest absolute Gasteiger partial charge is 0.497 e. The molecule has 0 spiro atoms. The van der Waals surface area contributed by atoms with Crippen LogP contribution in [0, 0.1) is 6.92 Å². The van der Waals surface area contributed by atoms with Gasteiger partial charge in [0.25, 0.3) is 0 Å². The van der Waals surface area contributed by atoms with Crippen LogP contribution in [0.25, 0.3) is 0 Å². The summed E-state index contributed by atoms with van der Waals surface area (Å²) in [5, 5.41) is 11.5. The topological polar surface area (TPSA) is 103 Å². The highest BCUT2D eigenvalue weighted by molar-refractivity contribution is 7.99. The van der Waals surface area contributed by atoms with Crippen molar-refractivity contribution >= 4 is 33.2 Å². The molecule has 1 amide bonds. The number of carbonyl (C=O) groups is 1. The van der Waals surface area contributed by atoms with Crippen LogP contribution in [0.1, 0.15) is 18.3 Å². The molecule has 0 saturated carbocycles. The third kappa shape index (κ3) is 5.86. The van der Waals surface area contributed by atoms with E-state index < -0.39 is 9.84 Å². The number of anilines is 1. The van der Waals surface area contributed by atoms with Crippen molar-refractivity contribution in [2.45, 2.75) is 36.2 Å². The van der Waals surface area contributed by atoms with Crippen LogP contribution in [0.2, 0.25) is 0 Å². The molecule has 164 valence electrons. The number of rotatable bonds is 9. The fourth-order valence-electron chi connectivity index (χ4n) is 2.88. The zero-order valence-corrected chi connectivity index (χ0v) is 19.2. The molecule has 0 fully saturated rings. The van der Waals surface area contributed by atoms with Gasteiger partial charge in [-0.25, -0.2) is 8.42 Å². The molecule has 31 heavy (non-hydrogen) atoms. The number of nitrogens with one attached hydrogen (secondary N) is 1. The first-order chi connectivity index (χ1) is 14.8. The lowest BCUT2D eigenvalue weighted by molar-refractivity contribution is -0.113. The number of nitrogens with zero attached hydrogens (tertiary/aromatic N) is 3. The molecule has 0 unspecified atom stereocenters. The molecule has 1 heterocycles. The maximum atomic E-state index is 12.7. The summed E-state index contributed by atoms with van der Waals surface area (Å²) < 4.78 is 32.4. The first-order valence-corrected chi connectivity index (χ1v) is 12.2. The van der Waals surface area contributed by atoms with Crippen LogP contribution < -0.4 is 10.1 Å². The summed E-state index contributed by atoms with van der Waals surface area (Å²) in [6.07, 6.45) is 0. The van der Waals surface area contributed by atoms with E-state index >= 15 is 0 Å². The van der Waals surface area contributed by atoms with Crippen molar-refractivity contribution in [3.63, 3.8) is 0 Å². The molecular formula is C21H24N4O4S2. The van der Waals surface area contributed by atoms with Gasteiger partial charge in [-0.2, -0.15) is 0 Å². The Bertz CT molecular complexity index is 1160. The third-order valence-corrected chi connectivity index (χ3v) is 7.09. The molecular weight excluding hydrogens is 436 g/mol. The number of amides is 1. The predicted octanol–water partition coefficient (Wildman–Crippen LogP) is 3.32. The highest BCUT2D eigenvalue weighted by Gasteiger charge is 2.21. The summed E-state index contributed by atoms with van der Waals surface area (Å²) in [5.41, 5.74) is 1.62. The van der Waals surface area contributed by atoms with E-state index in [1.165, 1.54) is 11.8 Å². The Morgan fingerprint density at radius 3 is 2.58 bits per heavy atom. The van der Waals surface area contributed by atoms with Crippen LogP contribution in [-0.4, -0.2) is 42.0 Å². The van der Waals surface area contributed by atoms with Gasteiger partial charge >= 0.3 is 0 Å². The van der Waals surface area contributed by atoms with E-state index in [1.54, 1.807) is 60.2 Å². The average molecular weight is 461 g/mol. The minimum absolute atomic E-state index is 0.111. The Balaban J connectivity index is 1.67. The molecule has 3 aromatic rings. The molecule has 0 saturated heterocycles. The van der Waals surface area contributed by atoms with E-state index in [1.807, 2.05) is 13.8 Å². The van der Waals surface area contributed by atoms with E-state index in [-0.39, 0.29) is 22.3 Å². The van der Waals surface area contributed by atoms with Crippen molar-refractivity contribution in [1.29, 1.82) is 0 Å². The lowest BCUT2D eigenvalue weighted by Crippen LogP contribution is -2.15. The minimum atomic E-state index is -3.55. The first-order valence-electron chi connectivity index (χ1n) is 9.60. The van der Waals surface area contributed by atoms with Crippen molar-refractivity contribution in [3.8, 4) is 5.75 Å². The van der Waals surface area contributed by atoms with Gasteiger partial charge in [-0.05, 0) is 38.1 Å². The number of thioether (sulfide) groups is 1. The van der Waals surface area contributed by atoms with Crippen molar-refractivity contribution in [1.82, 2.24) is 14.8 Å². The van der Waals surface area contributed by atoms with Crippen LogP contribution in [0.5, 0.6) is 5.75 Å². The molecule has 2 aromatic carbocycles. The highest BCUT2D eigenvalue weighted by atomic mass is 32.2. The minimum Gasteiger partial charge on any atom is -0.497 e. The first kappa shape index (κ1) is 22.8. The summed E-state index contributed by atoms with van der Waals surface area (Å²) in [6, 6.07) is 13.8. The SMILES string of the molecule is CCn1c(CS(=O)(=O)c2ccc(C)cc2)nnc1SCC(=O)Nc1cccc(OC)c1. The van der Waals surface area contributed by atoms with Crippen LogP contribution >= 0.6 is 11.8 Å². The molecule has 0 aliphatic rings. The molecule has 0 aliphatic carbocycles. The van der Waals surface area contributed by atoms with Gasteiger partial charge in [0.05, 0.1) is 17.8 Å². The van der Waals surface area contributed by atoms with Gasteiger partial charge in [0.2, 0.25) is 5.91 Å². The van der Waals surface area contributed by atoms with Crippen molar-refractivity contribution in [2.75, 3.05) is 18.2 Å². The van der Waals surface area contributed by atoms with Crippen molar-refractivity contribution in [3.05, 3.63) is 59.9 Å². The van der Waals surface area contributed by atoms with Gasteiger partial charge in [0.15, 0.2) is 15.0 Å². The second-order valence-corrected chi connectivity index (χ2v) is 9.72. The second kappa shape index (κ2) is 9.97. The fourth-order valence-corrected chi connectivity index (χ4v) is 4.97. The van der Waals surface area contributed by atoms with E-state index in [4.69, 9.17) is 4.74 Å². The number of ether oxygens (including phenoxy) is 1. The zero-order valence-electron chi connectivity index (χ0n) is 17.5. The average Bonchev–Trinajstić information content (AvgIpc) is 3.13. The van der Waals surface area contributed by atoms with E-state index in [9.17, 15) is 13.2 Å². The van der Waals surface area contributed by atoms with Gasteiger partial charge < -0.3 is 14.6 Å². The summed E-state index contributed by atoms with van der Waals surface area (Å²) in [4.78, 5) is 12.6. The third-order valence-electron chi connectivity index (χ3n) is 4.49. The summed E-state index contributed by atoms with van der Waals surface area (Å²) >= 11 is 1.20. The van der Waals surface area contributed by atoms with Crippen LogP contribution in [0.3, 0.4) is 0 Å². The number of benzene rings is 2. The van der Waals surface area contributed by atoms with Gasteiger partial charge in [-0.3, -0.25) is 4.79 Å². The molecule has 0 aliphatic heterocycles.